The second kappa shape index (κ2) is 7.53. The number of furan rings is 1. The van der Waals surface area contributed by atoms with Gasteiger partial charge in [0.2, 0.25) is 5.91 Å². The molecule has 2 aromatic rings. The predicted octanol–water partition coefficient (Wildman–Crippen LogP) is 3.61. The van der Waals surface area contributed by atoms with Gasteiger partial charge in [0.1, 0.15) is 6.26 Å². The lowest BCUT2D eigenvalue weighted by atomic mass is 9.96. The number of nitrogens with zero attached hydrogens (tertiary/aromatic N) is 2. The molecule has 0 N–H and O–H groups in total. The minimum absolute atomic E-state index is 0.0638. The van der Waals surface area contributed by atoms with E-state index in [-0.39, 0.29) is 17.7 Å². The second-order valence-electron chi connectivity index (χ2n) is 6.00. The van der Waals surface area contributed by atoms with E-state index in [0.717, 1.165) is 21.5 Å². The van der Waals surface area contributed by atoms with Crippen LogP contribution in [0.1, 0.15) is 28.1 Å². The van der Waals surface area contributed by atoms with Crippen LogP contribution in [0.25, 0.3) is 0 Å². The van der Waals surface area contributed by atoms with E-state index >= 15 is 0 Å². The molecule has 24 heavy (non-hydrogen) atoms. The molecule has 5 nitrogen and oxygen atoms in total. The number of hydrogen-bond acceptors (Lipinski definition) is 4. The average molecular weight is 411 g/mol. The fraction of sp³-hybridized carbons (Fsp3) is 0.412. The quantitative estimate of drug-likeness (QED) is 0.773. The third-order valence-corrected chi connectivity index (χ3v) is 5.83. The average Bonchev–Trinajstić information content (AvgIpc) is 3.25. The molecule has 2 aromatic heterocycles. The summed E-state index contributed by atoms with van der Waals surface area (Å²) in [5, 5.41) is 0. The van der Waals surface area contributed by atoms with Crippen molar-refractivity contribution in [1.29, 1.82) is 0 Å². The fourth-order valence-corrected chi connectivity index (χ4v) is 4.53. The molecule has 0 spiro atoms. The molecule has 0 saturated carbocycles. The molecule has 3 rings (SSSR count). The zero-order valence-corrected chi connectivity index (χ0v) is 15.8. The van der Waals surface area contributed by atoms with Crippen molar-refractivity contribution in [3.8, 4) is 0 Å². The number of likely N-dealkylation sites (tertiary alicyclic amines) is 1. The van der Waals surface area contributed by atoms with E-state index in [4.69, 9.17) is 4.42 Å². The number of thiophene rings is 1. The van der Waals surface area contributed by atoms with Crippen LogP contribution < -0.4 is 0 Å². The van der Waals surface area contributed by atoms with Gasteiger partial charge < -0.3 is 14.2 Å². The highest BCUT2D eigenvalue weighted by Gasteiger charge is 2.31. The van der Waals surface area contributed by atoms with Crippen LogP contribution in [-0.4, -0.2) is 41.8 Å². The Labute approximate surface area is 153 Å². The zero-order chi connectivity index (χ0) is 17.1. The molecule has 2 amide bonds. The molecule has 0 radical (unpaired) electrons. The van der Waals surface area contributed by atoms with Gasteiger partial charge in [-0.3, -0.25) is 9.59 Å². The van der Waals surface area contributed by atoms with Crippen molar-refractivity contribution in [3.05, 3.63) is 45.0 Å². The van der Waals surface area contributed by atoms with Gasteiger partial charge >= 0.3 is 0 Å². The normalized spacial score (nSPS) is 17.8. The SMILES string of the molecule is CN(Cc1ccc(Br)s1)C(=O)C1CCCN(C(=O)c2ccoc2)C1. The Morgan fingerprint density at radius 3 is 2.92 bits per heavy atom. The van der Waals surface area contributed by atoms with Crippen LogP contribution in [-0.2, 0) is 11.3 Å². The summed E-state index contributed by atoms with van der Waals surface area (Å²) in [4.78, 5) is 29.8. The van der Waals surface area contributed by atoms with Crippen molar-refractivity contribution in [3.63, 3.8) is 0 Å². The smallest absolute Gasteiger partial charge is 0.257 e. The molecule has 128 valence electrons. The maximum atomic E-state index is 12.7. The molecular formula is C17H19BrN2O3S. The number of carbonyl (C=O) groups is 2. The predicted molar refractivity (Wildman–Crippen MR) is 95.8 cm³/mol. The van der Waals surface area contributed by atoms with Crippen LogP contribution in [0.3, 0.4) is 0 Å². The summed E-state index contributed by atoms with van der Waals surface area (Å²) in [7, 11) is 1.83. The second-order valence-corrected chi connectivity index (χ2v) is 8.55. The first-order chi connectivity index (χ1) is 11.5. The third-order valence-electron chi connectivity index (χ3n) is 4.22. The van der Waals surface area contributed by atoms with Crippen LogP contribution in [0.5, 0.6) is 0 Å². The molecule has 0 aliphatic carbocycles. The molecule has 0 aromatic carbocycles. The maximum absolute atomic E-state index is 12.7. The molecule has 1 fully saturated rings. The van der Waals surface area contributed by atoms with E-state index < -0.39 is 0 Å². The summed E-state index contributed by atoms with van der Waals surface area (Å²) in [6.45, 7) is 1.76. The van der Waals surface area contributed by atoms with Gasteiger partial charge in [-0.1, -0.05) is 0 Å². The first-order valence-electron chi connectivity index (χ1n) is 7.85. The van der Waals surface area contributed by atoms with Crippen LogP contribution in [0.15, 0.2) is 38.9 Å². The minimum Gasteiger partial charge on any atom is -0.472 e. The van der Waals surface area contributed by atoms with Gasteiger partial charge in [-0.25, -0.2) is 0 Å². The van der Waals surface area contributed by atoms with E-state index in [0.29, 0.717) is 25.2 Å². The Bertz CT molecular complexity index is 713. The van der Waals surface area contributed by atoms with E-state index in [1.165, 1.54) is 12.5 Å². The molecule has 1 atom stereocenters. The largest absolute Gasteiger partial charge is 0.472 e. The fourth-order valence-electron chi connectivity index (χ4n) is 2.99. The van der Waals surface area contributed by atoms with Gasteiger partial charge in [-0.15, -0.1) is 11.3 Å². The molecule has 0 bridgehead atoms. The van der Waals surface area contributed by atoms with Crippen LogP contribution in [0, 0.1) is 5.92 Å². The van der Waals surface area contributed by atoms with Crippen LogP contribution >= 0.6 is 27.3 Å². The Balaban J connectivity index is 1.61. The van der Waals surface area contributed by atoms with Gasteiger partial charge in [-0.2, -0.15) is 0 Å². The van der Waals surface area contributed by atoms with E-state index in [2.05, 4.69) is 15.9 Å². The summed E-state index contributed by atoms with van der Waals surface area (Å²) in [6.07, 6.45) is 4.62. The lowest BCUT2D eigenvalue weighted by Gasteiger charge is -2.33. The van der Waals surface area contributed by atoms with Gasteiger partial charge in [0.05, 0.1) is 28.1 Å². The topological polar surface area (TPSA) is 53.8 Å². The number of carbonyl (C=O) groups excluding carboxylic acids is 2. The van der Waals surface area contributed by atoms with Gasteiger partial charge in [-0.05, 0) is 47.0 Å². The lowest BCUT2D eigenvalue weighted by Crippen LogP contribution is -2.45. The molecule has 1 saturated heterocycles. The lowest BCUT2D eigenvalue weighted by molar-refractivity contribution is -0.136. The molecule has 1 aliphatic rings. The molecular weight excluding hydrogens is 392 g/mol. The standard InChI is InChI=1S/C17H19BrN2O3S/c1-19(10-14-4-5-15(18)24-14)16(21)12-3-2-7-20(9-12)17(22)13-6-8-23-11-13/h4-6,8,11-12H,2-3,7,9-10H2,1H3. The monoisotopic (exact) mass is 410 g/mol. The Morgan fingerprint density at radius 1 is 1.42 bits per heavy atom. The molecule has 1 aliphatic heterocycles. The van der Waals surface area contributed by atoms with Gasteiger partial charge in [0, 0.05) is 25.0 Å². The number of halogens is 1. The molecule has 7 heteroatoms. The summed E-state index contributed by atoms with van der Waals surface area (Å²) in [5.74, 6) is -0.0988. The van der Waals surface area contributed by atoms with Crippen molar-refractivity contribution in [2.75, 3.05) is 20.1 Å². The van der Waals surface area contributed by atoms with Crippen molar-refractivity contribution < 1.29 is 14.0 Å². The summed E-state index contributed by atoms with van der Waals surface area (Å²) >= 11 is 5.07. The van der Waals surface area contributed by atoms with E-state index in [1.807, 2.05) is 19.2 Å². The highest BCUT2D eigenvalue weighted by atomic mass is 79.9. The number of rotatable bonds is 4. The highest BCUT2D eigenvalue weighted by molar-refractivity contribution is 9.11. The summed E-state index contributed by atoms with van der Waals surface area (Å²) in [6, 6.07) is 5.67. The van der Waals surface area contributed by atoms with Gasteiger partial charge in [0.15, 0.2) is 0 Å². The number of piperidine rings is 1. The third kappa shape index (κ3) is 3.89. The summed E-state index contributed by atoms with van der Waals surface area (Å²) < 4.78 is 6.04. The minimum atomic E-state index is -0.136. The van der Waals surface area contributed by atoms with Gasteiger partial charge in [0.25, 0.3) is 5.91 Å². The first kappa shape index (κ1) is 17.2. The Hall–Kier alpha value is -1.60. The van der Waals surface area contributed by atoms with Crippen molar-refractivity contribution in [2.45, 2.75) is 19.4 Å². The van der Waals surface area contributed by atoms with E-state index in [9.17, 15) is 9.59 Å². The molecule has 1 unspecified atom stereocenters. The molecule has 3 heterocycles. The maximum Gasteiger partial charge on any atom is 0.257 e. The number of hydrogen-bond donors (Lipinski definition) is 0. The van der Waals surface area contributed by atoms with E-state index in [1.54, 1.807) is 27.2 Å². The van der Waals surface area contributed by atoms with Crippen molar-refractivity contribution in [2.24, 2.45) is 5.92 Å². The summed E-state index contributed by atoms with van der Waals surface area (Å²) in [5.41, 5.74) is 0.542. The zero-order valence-electron chi connectivity index (χ0n) is 13.4. The van der Waals surface area contributed by atoms with Crippen molar-refractivity contribution >= 4 is 39.1 Å². The first-order valence-corrected chi connectivity index (χ1v) is 9.46. The van der Waals surface area contributed by atoms with Crippen molar-refractivity contribution in [1.82, 2.24) is 9.80 Å². The van der Waals surface area contributed by atoms with Crippen LogP contribution in [0.2, 0.25) is 0 Å². The number of amides is 2. The highest BCUT2D eigenvalue weighted by Crippen LogP contribution is 2.25. The van der Waals surface area contributed by atoms with Crippen LogP contribution in [0.4, 0.5) is 0 Å². The Morgan fingerprint density at radius 2 is 2.25 bits per heavy atom. The Kier molecular flexibility index (Phi) is 5.40.